The third-order valence-corrected chi connectivity index (χ3v) is 11.5. The normalized spacial score (nSPS) is 21.8. The maximum absolute atomic E-state index is 14.2. The fourth-order valence-electron chi connectivity index (χ4n) is 6.00. The van der Waals surface area contributed by atoms with Crippen molar-refractivity contribution in [3.63, 3.8) is 0 Å². The molecule has 3 fully saturated rings. The molecule has 0 bridgehead atoms. The molecule has 1 unspecified atom stereocenters. The average Bonchev–Trinajstić information content (AvgIpc) is 3.85. The average molecular weight is 629 g/mol. The zero-order valence-corrected chi connectivity index (χ0v) is 24.7. The van der Waals surface area contributed by atoms with Gasteiger partial charge in [0, 0.05) is 38.7 Å². The topological polar surface area (TPSA) is 75.7 Å². The van der Waals surface area contributed by atoms with Crippen LogP contribution in [0, 0.1) is 0 Å². The fraction of sp³-hybridized carbons (Fsp3) is 0.581. The molecule has 0 radical (unpaired) electrons. The van der Waals surface area contributed by atoms with Crippen LogP contribution in [0.5, 0.6) is 0 Å². The monoisotopic (exact) mass is 628 g/mol. The molecular formula is C31H37F5N2O4S. The molecule has 2 aromatic carbocycles. The number of hydrogen-bond donors (Lipinski definition) is 1. The van der Waals surface area contributed by atoms with E-state index in [4.69, 9.17) is 4.74 Å². The molecule has 1 N–H and O–H groups in total. The maximum Gasteiger partial charge on any atom is 0.453 e. The van der Waals surface area contributed by atoms with E-state index >= 15 is 0 Å². The number of piperidine rings is 1. The number of carbonyl (C=O) groups is 1. The summed E-state index contributed by atoms with van der Waals surface area (Å²) in [5.74, 6) is -5.26. The summed E-state index contributed by atoms with van der Waals surface area (Å²) in [6, 6.07) is 12.8. The minimum absolute atomic E-state index is 0.0335. The van der Waals surface area contributed by atoms with Crippen LogP contribution in [0.4, 0.5) is 22.0 Å². The zero-order chi connectivity index (χ0) is 30.9. The first-order valence-electron chi connectivity index (χ1n) is 14.8. The second-order valence-electron chi connectivity index (χ2n) is 11.9. The highest BCUT2D eigenvalue weighted by Gasteiger charge is 2.56. The van der Waals surface area contributed by atoms with Crippen LogP contribution < -0.4 is 5.32 Å². The number of halogens is 5. The van der Waals surface area contributed by atoms with E-state index in [1.165, 1.54) is 24.3 Å². The first kappa shape index (κ1) is 31.8. The predicted octanol–water partition coefficient (Wildman–Crippen LogP) is 5.94. The largest absolute Gasteiger partial charge is 0.453 e. The van der Waals surface area contributed by atoms with Gasteiger partial charge in [-0.15, -0.1) is 0 Å². The highest BCUT2D eigenvalue weighted by molar-refractivity contribution is 7.93. The predicted molar refractivity (Wildman–Crippen MR) is 152 cm³/mol. The van der Waals surface area contributed by atoms with Gasteiger partial charge in [0.25, 0.3) is 0 Å². The van der Waals surface area contributed by atoms with Crippen molar-refractivity contribution in [2.24, 2.45) is 0 Å². The molecule has 1 saturated carbocycles. The van der Waals surface area contributed by atoms with E-state index in [0.29, 0.717) is 42.4 Å². The smallest absolute Gasteiger partial charge is 0.376 e. The third-order valence-electron chi connectivity index (χ3n) is 8.96. The quantitative estimate of drug-likeness (QED) is 0.330. The van der Waals surface area contributed by atoms with Crippen molar-refractivity contribution in [2.75, 3.05) is 26.2 Å². The maximum atomic E-state index is 14.2. The van der Waals surface area contributed by atoms with Crippen molar-refractivity contribution in [3.05, 3.63) is 54.1 Å². The summed E-state index contributed by atoms with van der Waals surface area (Å²) in [4.78, 5) is 16.0. The number of alkyl halides is 5. The molecule has 236 valence electrons. The minimum atomic E-state index is -5.59. The van der Waals surface area contributed by atoms with Gasteiger partial charge in [0.15, 0.2) is 14.6 Å². The Morgan fingerprint density at radius 1 is 0.907 bits per heavy atom. The van der Waals surface area contributed by atoms with Gasteiger partial charge in [-0.1, -0.05) is 36.4 Å². The number of sulfone groups is 1. The van der Waals surface area contributed by atoms with Gasteiger partial charge in [0.2, 0.25) is 5.91 Å². The number of carbonyl (C=O) groups excluding carboxylic acids is 1. The van der Waals surface area contributed by atoms with Crippen LogP contribution in [0.1, 0.15) is 56.9 Å². The van der Waals surface area contributed by atoms with E-state index in [1.54, 1.807) is 24.3 Å². The van der Waals surface area contributed by atoms with Gasteiger partial charge in [0.05, 0.1) is 11.0 Å². The van der Waals surface area contributed by atoms with E-state index in [9.17, 15) is 35.2 Å². The van der Waals surface area contributed by atoms with Crippen molar-refractivity contribution in [3.8, 4) is 11.1 Å². The van der Waals surface area contributed by atoms with Crippen molar-refractivity contribution < 1.29 is 39.9 Å². The minimum Gasteiger partial charge on any atom is -0.376 e. The molecule has 0 aromatic heterocycles. The van der Waals surface area contributed by atoms with Crippen LogP contribution in [0.15, 0.2) is 53.4 Å². The highest BCUT2D eigenvalue weighted by atomic mass is 32.2. The standard InChI is InChI=1S/C31H37F5N2O4S/c32-30(33,31(34,35)36)15-14-22-4-6-23(7-5-22)24-8-12-27(13-9-24)43(40,41)29(16-18-38(19-17-29)25-10-11-25)28(39)37-21-26-3-1-2-20-42-26/h4-9,12-13,25-26H,1-3,10-11,14-21H2,(H,37,39). The van der Waals surface area contributed by atoms with Gasteiger partial charge in [-0.2, -0.15) is 22.0 Å². The fourth-order valence-corrected chi connectivity index (χ4v) is 7.98. The van der Waals surface area contributed by atoms with Crippen LogP contribution in [-0.2, 0) is 25.8 Å². The number of nitrogens with one attached hydrogen (secondary N) is 1. The molecule has 2 saturated heterocycles. The lowest BCUT2D eigenvalue weighted by molar-refractivity contribution is -0.284. The number of likely N-dealkylation sites (tertiary alicyclic amines) is 1. The summed E-state index contributed by atoms with van der Waals surface area (Å²) in [5, 5.41) is 2.90. The molecule has 43 heavy (non-hydrogen) atoms. The second kappa shape index (κ2) is 12.4. The van der Waals surface area contributed by atoms with Gasteiger partial charge in [-0.25, -0.2) is 8.42 Å². The summed E-state index contributed by atoms with van der Waals surface area (Å²) in [5.41, 5.74) is 1.62. The summed E-state index contributed by atoms with van der Waals surface area (Å²) in [6.45, 7) is 1.95. The van der Waals surface area contributed by atoms with Gasteiger partial charge in [-0.3, -0.25) is 4.79 Å². The number of hydrogen-bond acceptors (Lipinski definition) is 5. The number of rotatable bonds is 10. The van der Waals surface area contributed by atoms with Crippen molar-refractivity contribution in [1.29, 1.82) is 0 Å². The van der Waals surface area contributed by atoms with Gasteiger partial charge < -0.3 is 15.0 Å². The third kappa shape index (κ3) is 6.91. The molecule has 1 aliphatic carbocycles. The molecule has 2 aromatic rings. The van der Waals surface area contributed by atoms with E-state index < -0.39 is 45.4 Å². The number of nitrogens with zero attached hydrogens (tertiary/aromatic N) is 1. The Labute approximate surface area is 248 Å². The van der Waals surface area contributed by atoms with Gasteiger partial charge >= 0.3 is 12.1 Å². The van der Waals surface area contributed by atoms with E-state index in [1.807, 2.05) is 0 Å². The second-order valence-corrected chi connectivity index (χ2v) is 14.1. The molecule has 2 heterocycles. The van der Waals surface area contributed by atoms with E-state index in [0.717, 1.165) is 32.1 Å². The Kier molecular flexibility index (Phi) is 9.21. The number of aryl methyl sites for hydroxylation is 1. The number of benzene rings is 2. The SMILES string of the molecule is O=C(NCC1CCCCO1)C1(S(=O)(=O)c2ccc(-c3ccc(CCC(F)(F)C(F)(F)F)cc3)cc2)CCN(C2CC2)CC1. The highest BCUT2D eigenvalue weighted by Crippen LogP contribution is 2.41. The summed E-state index contributed by atoms with van der Waals surface area (Å²) < 4.78 is 96.4. The molecule has 0 spiro atoms. The lowest BCUT2D eigenvalue weighted by Crippen LogP contribution is -2.59. The first-order valence-corrected chi connectivity index (χ1v) is 16.3. The molecule has 5 rings (SSSR count). The van der Waals surface area contributed by atoms with Crippen molar-refractivity contribution in [1.82, 2.24) is 10.2 Å². The summed E-state index contributed by atoms with van der Waals surface area (Å²) in [7, 11) is -4.09. The van der Waals surface area contributed by atoms with Crippen molar-refractivity contribution in [2.45, 2.75) is 91.7 Å². The van der Waals surface area contributed by atoms with E-state index in [2.05, 4.69) is 10.2 Å². The van der Waals surface area contributed by atoms with Crippen LogP contribution >= 0.6 is 0 Å². The van der Waals surface area contributed by atoms with Crippen molar-refractivity contribution >= 4 is 15.7 Å². The Morgan fingerprint density at radius 2 is 1.51 bits per heavy atom. The Morgan fingerprint density at radius 3 is 2.05 bits per heavy atom. The first-order chi connectivity index (χ1) is 20.3. The summed E-state index contributed by atoms with van der Waals surface area (Å²) >= 11 is 0. The Hall–Kier alpha value is -2.57. The Balaban J connectivity index is 1.30. The van der Waals surface area contributed by atoms with Gasteiger partial charge in [-0.05, 0) is 80.2 Å². The molecule has 3 aliphatic rings. The lowest BCUT2D eigenvalue weighted by Gasteiger charge is -2.40. The molecular weight excluding hydrogens is 591 g/mol. The van der Waals surface area contributed by atoms with Crippen LogP contribution in [-0.4, -0.2) is 74.5 Å². The van der Waals surface area contributed by atoms with Crippen LogP contribution in [0.25, 0.3) is 11.1 Å². The number of ether oxygens (including phenoxy) is 1. The van der Waals surface area contributed by atoms with Gasteiger partial charge in [0.1, 0.15) is 0 Å². The molecule has 2 aliphatic heterocycles. The van der Waals surface area contributed by atoms with E-state index in [-0.39, 0.29) is 30.4 Å². The number of amides is 1. The molecule has 1 atom stereocenters. The van der Waals surface area contributed by atoms with Crippen LogP contribution in [0.2, 0.25) is 0 Å². The van der Waals surface area contributed by atoms with Crippen LogP contribution in [0.3, 0.4) is 0 Å². The molecule has 6 nitrogen and oxygen atoms in total. The molecule has 1 amide bonds. The molecule has 12 heteroatoms. The zero-order valence-electron chi connectivity index (χ0n) is 23.8. The Bertz CT molecular complexity index is 1360. The summed E-state index contributed by atoms with van der Waals surface area (Å²) in [6.07, 6.45) is -2.14. The lowest BCUT2D eigenvalue weighted by atomic mass is 9.94.